The van der Waals surface area contributed by atoms with Crippen LogP contribution >= 0.6 is 11.3 Å². The Morgan fingerprint density at radius 1 is 1.17 bits per heavy atom. The van der Waals surface area contributed by atoms with Gasteiger partial charge in [-0.3, -0.25) is 14.2 Å². The van der Waals surface area contributed by atoms with Crippen molar-refractivity contribution in [3.63, 3.8) is 0 Å². The van der Waals surface area contributed by atoms with E-state index in [1.54, 1.807) is 6.07 Å². The van der Waals surface area contributed by atoms with Crippen molar-refractivity contribution < 1.29 is 4.79 Å². The number of unbranched alkanes of at least 4 members (excludes halogenated alkanes) is 1. The van der Waals surface area contributed by atoms with E-state index in [0.29, 0.717) is 22.4 Å². The number of nitrogens with zero attached hydrogens (tertiary/aromatic N) is 2. The maximum Gasteiger partial charge on any atom is 0.337 e. The number of rotatable bonds is 6. The average Bonchev–Trinajstić information content (AvgIpc) is 3.29. The molecular formula is C23H27N3O3S. The number of fused-ring (bicyclic) bond motifs is 3. The Balaban J connectivity index is 1.92. The molecule has 2 heterocycles. The molecule has 158 valence electrons. The van der Waals surface area contributed by atoms with Gasteiger partial charge in [0.2, 0.25) is 5.91 Å². The number of carbonyl (C=O) groups is 1. The minimum atomic E-state index is -0.457. The first kappa shape index (κ1) is 20.6. The van der Waals surface area contributed by atoms with Crippen LogP contribution in [0.4, 0.5) is 0 Å². The SMILES string of the molecule is CCCCNC(=O)Cn1c(=O)n(-c2ccc(C)c(C)c2)c(=O)c2c3c(sc21)CCC3. The van der Waals surface area contributed by atoms with Crippen LogP contribution < -0.4 is 16.6 Å². The molecule has 0 bridgehead atoms. The third-order valence-electron chi connectivity index (χ3n) is 5.89. The van der Waals surface area contributed by atoms with Gasteiger partial charge < -0.3 is 5.32 Å². The number of nitrogens with one attached hydrogen (secondary N) is 1. The molecule has 3 aromatic rings. The number of hydrogen-bond donors (Lipinski definition) is 1. The van der Waals surface area contributed by atoms with E-state index in [2.05, 4.69) is 12.2 Å². The summed E-state index contributed by atoms with van der Waals surface area (Å²) in [6.07, 6.45) is 4.68. The van der Waals surface area contributed by atoms with E-state index in [9.17, 15) is 14.4 Å². The summed E-state index contributed by atoms with van der Waals surface area (Å²) in [6.45, 7) is 6.53. The van der Waals surface area contributed by atoms with Gasteiger partial charge in [-0.15, -0.1) is 11.3 Å². The summed E-state index contributed by atoms with van der Waals surface area (Å²) in [4.78, 5) is 41.2. The average molecular weight is 426 g/mol. The predicted molar refractivity (Wildman–Crippen MR) is 121 cm³/mol. The van der Waals surface area contributed by atoms with E-state index in [1.807, 2.05) is 26.0 Å². The smallest absolute Gasteiger partial charge is 0.337 e. The largest absolute Gasteiger partial charge is 0.355 e. The number of amides is 1. The molecule has 6 nitrogen and oxygen atoms in total. The van der Waals surface area contributed by atoms with Crippen LogP contribution in [0.15, 0.2) is 27.8 Å². The first-order valence-corrected chi connectivity index (χ1v) is 11.4. The lowest BCUT2D eigenvalue weighted by Gasteiger charge is -2.13. The van der Waals surface area contributed by atoms with Crippen LogP contribution in [0.3, 0.4) is 0 Å². The van der Waals surface area contributed by atoms with Gasteiger partial charge >= 0.3 is 5.69 Å². The molecule has 0 saturated carbocycles. The van der Waals surface area contributed by atoms with Gasteiger partial charge in [0.05, 0.1) is 11.1 Å². The maximum absolute atomic E-state index is 13.5. The third-order valence-corrected chi connectivity index (χ3v) is 7.20. The number of aryl methyl sites for hydroxylation is 4. The third kappa shape index (κ3) is 3.51. The zero-order chi connectivity index (χ0) is 21.4. The highest BCUT2D eigenvalue weighted by Gasteiger charge is 2.25. The summed E-state index contributed by atoms with van der Waals surface area (Å²) < 4.78 is 2.72. The van der Waals surface area contributed by atoms with Crippen LogP contribution in [0.1, 0.15) is 47.8 Å². The van der Waals surface area contributed by atoms with Gasteiger partial charge in [0.15, 0.2) is 0 Å². The minimum absolute atomic E-state index is 0.0798. The Morgan fingerprint density at radius 2 is 1.97 bits per heavy atom. The molecular weight excluding hydrogens is 398 g/mol. The number of thiophene rings is 1. The number of carbonyl (C=O) groups excluding carboxylic acids is 1. The molecule has 0 spiro atoms. The van der Waals surface area contributed by atoms with Crippen molar-refractivity contribution in [3.05, 3.63) is 60.6 Å². The first-order chi connectivity index (χ1) is 14.4. The molecule has 7 heteroatoms. The van der Waals surface area contributed by atoms with Gasteiger partial charge in [-0.25, -0.2) is 9.36 Å². The van der Waals surface area contributed by atoms with Gasteiger partial charge in [-0.05, 0) is 68.4 Å². The summed E-state index contributed by atoms with van der Waals surface area (Å²) in [5, 5.41) is 3.49. The highest BCUT2D eigenvalue weighted by molar-refractivity contribution is 7.19. The first-order valence-electron chi connectivity index (χ1n) is 10.6. The van der Waals surface area contributed by atoms with E-state index >= 15 is 0 Å². The Hall–Kier alpha value is -2.67. The van der Waals surface area contributed by atoms with Gasteiger partial charge in [0.1, 0.15) is 11.4 Å². The van der Waals surface area contributed by atoms with Gasteiger partial charge in [0, 0.05) is 11.4 Å². The summed E-state index contributed by atoms with van der Waals surface area (Å²) in [7, 11) is 0. The normalized spacial score (nSPS) is 13.0. The molecule has 0 unspecified atom stereocenters. The molecule has 2 aromatic heterocycles. The van der Waals surface area contributed by atoms with E-state index in [4.69, 9.17) is 0 Å². The lowest BCUT2D eigenvalue weighted by atomic mass is 10.1. The zero-order valence-corrected chi connectivity index (χ0v) is 18.5. The van der Waals surface area contributed by atoms with Gasteiger partial charge in [-0.1, -0.05) is 19.4 Å². The van der Waals surface area contributed by atoms with Crippen molar-refractivity contribution in [2.45, 2.75) is 59.4 Å². The fourth-order valence-corrected chi connectivity index (χ4v) is 5.42. The highest BCUT2D eigenvalue weighted by atomic mass is 32.1. The number of hydrogen-bond acceptors (Lipinski definition) is 4. The fraction of sp³-hybridized carbons (Fsp3) is 0.435. The topological polar surface area (TPSA) is 73.1 Å². The van der Waals surface area contributed by atoms with Crippen molar-refractivity contribution in [1.82, 2.24) is 14.5 Å². The molecule has 1 aliphatic rings. The van der Waals surface area contributed by atoms with Crippen molar-refractivity contribution in [2.24, 2.45) is 0 Å². The van der Waals surface area contributed by atoms with Crippen molar-refractivity contribution in [3.8, 4) is 5.69 Å². The Kier molecular flexibility index (Phi) is 5.64. The second-order valence-electron chi connectivity index (χ2n) is 8.02. The monoisotopic (exact) mass is 425 g/mol. The van der Waals surface area contributed by atoms with Gasteiger partial charge in [0.25, 0.3) is 5.56 Å². The molecule has 30 heavy (non-hydrogen) atoms. The van der Waals surface area contributed by atoms with Gasteiger partial charge in [-0.2, -0.15) is 0 Å². The second kappa shape index (κ2) is 8.22. The molecule has 0 saturated heterocycles. The maximum atomic E-state index is 13.5. The zero-order valence-electron chi connectivity index (χ0n) is 17.7. The lowest BCUT2D eigenvalue weighted by molar-refractivity contribution is -0.121. The number of aromatic nitrogens is 2. The van der Waals surface area contributed by atoms with Crippen molar-refractivity contribution in [2.75, 3.05) is 6.54 Å². The van der Waals surface area contributed by atoms with Crippen LogP contribution in [0.5, 0.6) is 0 Å². The highest BCUT2D eigenvalue weighted by Crippen LogP contribution is 2.35. The van der Waals surface area contributed by atoms with E-state index < -0.39 is 5.69 Å². The predicted octanol–water partition coefficient (Wildman–Crippen LogP) is 3.24. The number of benzene rings is 1. The molecule has 1 amide bonds. The quantitative estimate of drug-likeness (QED) is 0.616. The molecule has 0 aliphatic heterocycles. The Bertz CT molecular complexity index is 1250. The minimum Gasteiger partial charge on any atom is -0.355 e. The van der Waals surface area contributed by atoms with Crippen LogP contribution in [0, 0.1) is 13.8 Å². The summed E-state index contributed by atoms with van der Waals surface area (Å²) in [5.41, 5.74) is 2.98. The molecule has 0 fully saturated rings. The molecule has 0 radical (unpaired) electrons. The Labute approximate surface area is 179 Å². The molecule has 1 aliphatic carbocycles. The summed E-state index contributed by atoms with van der Waals surface area (Å²) in [6, 6.07) is 5.58. The summed E-state index contributed by atoms with van der Waals surface area (Å²) >= 11 is 1.49. The lowest BCUT2D eigenvalue weighted by Crippen LogP contribution is -2.41. The summed E-state index contributed by atoms with van der Waals surface area (Å²) in [5.74, 6) is -0.203. The second-order valence-corrected chi connectivity index (χ2v) is 9.10. The molecule has 1 aromatic carbocycles. The van der Waals surface area contributed by atoms with Crippen LogP contribution in [-0.4, -0.2) is 21.6 Å². The van der Waals surface area contributed by atoms with E-state index in [0.717, 1.165) is 48.8 Å². The van der Waals surface area contributed by atoms with Crippen LogP contribution in [-0.2, 0) is 24.2 Å². The molecule has 1 N–H and O–H groups in total. The fourth-order valence-electron chi connectivity index (χ4n) is 4.04. The Morgan fingerprint density at radius 3 is 2.70 bits per heavy atom. The van der Waals surface area contributed by atoms with Crippen molar-refractivity contribution in [1.29, 1.82) is 0 Å². The van der Waals surface area contributed by atoms with E-state index in [-0.39, 0.29) is 18.0 Å². The van der Waals surface area contributed by atoms with Crippen LogP contribution in [0.2, 0.25) is 0 Å². The molecule has 0 atom stereocenters. The van der Waals surface area contributed by atoms with Crippen molar-refractivity contribution >= 4 is 27.5 Å². The molecule has 4 rings (SSSR count). The van der Waals surface area contributed by atoms with Crippen LogP contribution in [0.25, 0.3) is 15.9 Å². The van der Waals surface area contributed by atoms with E-state index in [1.165, 1.54) is 25.3 Å². The standard InChI is InChI=1S/C23H27N3O3S/c1-4-5-11-24-19(27)13-25-22-20(17-7-6-8-18(17)30-22)21(28)26(23(25)29)16-10-9-14(2)15(3)12-16/h9-10,12H,4-8,11,13H2,1-3H3,(H,24,27).